The number of esters is 1. The molecule has 28 heavy (non-hydrogen) atoms. The van der Waals surface area contributed by atoms with Gasteiger partial charge in [0.2, 0.25) is 0 Å². The molecule has 5 nitrogen and oxygen atoms in total. The largest absolute Gasteiger partial charge is 0.498 e. The SMILES string of the molecule is O=C(CCCl)OCCCCCCOC1=CC=C(c2ccc(C(=O)O)cc2)CC1. The number of carbonyl (C=O) groups excluding carboxylic acids is 1. The monoisotopic (exact) mass is 406 g/mol. The lowest BCUT2D eigenvalue weighted by Gasteiger charge is -2.16. The van der Waals surface area contributed by atoms with Gasteiger partial charge < -0.3 is 14.6 Å². The van der Waals surface area contributed by atoms with Crippen LogP contribution in [0.25, 0.3) is 5.57 Å². The van der Waals surface area contributed by atoms with Gasteiger partial charge in [-0.15, -0.1) is 11.6 Å². The Morgan fingerprint density at radius 1 is 0.964 bits per heavy atom. The number of alkyl halides is 1. The van der Waals surface area contributed by atoms with Crippen molar-refractivity contribution < 1.29 is 24.2 Å². The lowest BCUT2D eigenvalue weighted by molar-refractivity contribution is -0.143. The molecule has 1 aromatic carbocycles. The van der Waals surface area contributed by atoms with Gasteiger partial charge in [-0.1, -0.05) is 18.2 Å². The Kier molecular flexibility index (Phi) is 9.63. The van der Waals surface area contributed by atoms with Crippen LogP contribution in [-0.4, -0.2) is 36.1 Å². The maximum absolute atomic E-state index is 11.1. The molecule has 1 aliphatic rings. The van der Waals surface area contributed by atoms with E-state index in [1.165, 1.54) is 5.57 Å². The number of rotatable bonds is 12. The second-order valence-corrected chi connectivity index (χ2v) is 7.01. The summed E-state index contributed by atoms with van der Waals surface area (Å²) in [6.07, 6.45) is 9.93. The van der Waals surface area contributed by atoms with Crippen molar-refractivity contribution in [3.05, 3.63) is 53.3 Å². The zero-order valence-electron chi connectivity index (χ0n) is 16.0. The lowest BCUT2D eigenvalue weighted by atomic mass is 9.96. The number of hydrogen-bond acceptors (Lipinski definition) is 4. The van der Waals surface area contributed by atoms with E-state index in [4.69, 9.17) is 26.2 Å². The summed E-state index contributed by atoms with van der Waals surface area (Å²) in [5, 5.41) is 8.96. The molecule has 0 radical (unpaired) electrons. The highest BCUT2D eigenvalue weighted by Gasteiger charge is 2.10. The second-order valence-electron chi connectivity index (χ2n) is 6.63. The first-order valence-electron chi connectivity index (χ1n) is 9.68. The van der Waals surface area contributed by atoms with E-state index in [0.29, 0.717) is 24.7 Å². The highest BCUT2D eigenvalue weighted by molar-refractivity contribution is 6.18. The molecule has 0 atom stereocenters. The fraction of sp³-hybridized carbons (Fsp3) is 0.455. The summed E-state index contributed by atoms with van der Waals surface area (Å²) in [5.41, 5.74) is 2.54. The van der Waals surface area contributed by atoms with E-state index >= 15 is 0 Å². The van der Waals surface area contributed by atoms with Crippen LogP contribution >= 0.6 is 11.6 Å². The Balaban J connectivity index is 1.61. The van der Waals surface area contributed by atoms with Gasteiger partial charge in [0.05, 0.1) is 31.0 Å². The fourth-order valence-electron chi connectivity index (χ4n) is 2.90. The van der Waals surface area contributed by atoms with Gasteiger partial charge in [0.15, 0.2) is 0 Å². The van der Waals surface area contributed by atoms with Gasteiger partial charge in [-0.05, 0) is 61.4 Å². The van der Waals surface area contributed by atoms with Crippen molar-refractivity contribution in [2.24, 2.45) is 0 Å². The topological polar surface area (TPSA) is 72.8 Å². The molecule has 6 heteroatoms. The Morgan fingerprint density at radius 3 is 2.29 bits per heavy atom. The zero-order chi connectivity index (χ0) is 20.2. The number of carboxylic acids is 1. The third-order valence-electron chi connectivity index (χ3n) is 4.50. The van der Waals surface area contributed by atoms with Crippen molar-refractivity contribution in [2.75, 3.05) is 19.1 Å². The Morgan fingerprint density at radius 2 is 1.68 bits per heavy atom. The quantitative estimate of drug-likeness (QED) is 0.293. The molecule has 0 fully saturated rings. The summed E-state index contributed by atoms with van der Waals surface area (Å²) in [5.74, 6) is 0.153. The molecule has 0 bridgehead atoms. The minimum absolute atomic E-state index is 0.229. The summed E-state index contributed by atoms with van der Waals surface area (Å²) < 4.78 is 10.9. The van der Waals surface area contributed by atoms with Gasteiger partial charge in [-0.25, -0.2) is 4.79 Å². The molecule has 0 saturated heterocycles. The molecule has 1 N–H and O–H groups in total. The lowest BCUT2D eigenvalue weighted by Crippen LogP contribution is -2.06. The number of allylic oxidation sites excluding steroid dienone is 4. The standard InChI is InChI=1S/C22H27ClO5/c23-14-13-21(24)28-16-4-2-1-3-15-27-20-11-9-18(10-12-20)17-5-7-19(8-6-17)22(25)26/h5-9,11H,1-4,10,12-16H2,(H,25,26). The molecule has 1 aromatic rings. The highest BCUT2D eigenvalue weighted by atomic mass is 35.5. The number of halogens is 1. The normalized spacial score (nSPS) is 13.5. The third-order valence-corrected chi connectivity index (χ3v) is 4.69. The van der Waals surface area contributed by atoms with Crippen LogP contribution in [0.1, 0.15) is 60.9 Å². The molecular formula is C22H27ClO5. The van der Waals surface area contributed by atoms with Crippen LogP contribution in [0.3, 0.4) is 0 Å². The van der Waals surface area contributed by atoms with E-state index in [1.54, 1.807) is 12.1 Å². The van der Waals surface area contributed by atoms with Crippen molar-refractivity contribution in [2.45, 2.75) is 44.9 Å². The number of benzene rings is 1. The molecular weight excluding hydrogens is 380 g/mol. The van der Waals surface area contributed by atoms with Crippen molar-refractivity contribution in [3.63, 3.8) is 0 Å². The van der Waals surface area contributed by atoms with Crippen molar-refractivity contribution >= 4 is 29.1 Å². The van der Waals surface area contributed by atoms with Crippen LogP contribution in [-0.2, 0) is 14.3 Å². The summed E-state index contributed by atoms with van der Waals surface area (Å²) in [6, 6.07) is 6.96. The predicted molar refractivity (Wildman–Crippen MR) is 109 cm³/mol. The molecule has 0 spiro atoms. The third kappa shape index (κ3) is 7.77. The Hall–Kier alpha value is -2.27. The van der Waals surface area contributed by atoms with Crippen LogP contribution in [0.4, 0.5) is 0 Å². The summed E-state index contributed by atoms with van der Waals surface area (Å²) in [7, 11) is 0. The van der Waals surface area contributed by atoms with Crippen LogP contribution in [0.15, 0.2) is 42.2 Å². The minimum atomic E-state index is -0.910. The van der Waals surface area contributed by atoms with E-state index in [0.717, 1.165) is 49.8 Å². The molecule has 152 valence electrons. The van der Waals surface area contributed by atoms with Crippen LogP contribution in [0.2, 0.25) is 0 Å². The van der Waals surface area contributed by atoms with Crippen molar-refractivity contribution in [3.8, 4) is 0 Å². The number of aromatic carboxylic acids is 1. The molecule has 0 heterocycles. The van der Waals surface area contributed by atoms with E-state index in [9.17, 15) is 9.59 Å². The molecule has 2 rings (SSSR count). The van der Waals surface area contributed by atoms with Gasteiger partial charge in [0, 0.05) is 12.3 Å². The van der Waals surface area contributed by atoms with Gasteiger partial charge in [-0.2, -0.15) is 0 Å². The first-order chi connectivity index (χ1) is 13.6. The van der Waals surface area contributed by atoms with Gasteiger partial charge in [0.25, 0.3) is 0 Å². The zero-order valence-corrected chi connectivity index (χ0v) is 16.7. The Bertz CT molecular complexity index is 706. The van der Waals surface area contributed by atoms with Gasteiger partial charge in [0.1, 0.15) is 0 Å². The predicted octanol–water partition coefficient (Wildman–Crippen LogP) is 5.20. The van der Waals surface area contributed by atoms with Crippen molar-refractivity contribution in [1.82, 2.24) is 0 Å². The second kappa shape index (κ2) is 12.2. The summed E-state index contributed by atoms with van der Waals surface area (Å²) in [6.45, 7) is 1.15. The molecule has 0 aliphatic heterocycles. The molecule has 0 saturated carbocycles. The number of hydrogen-bond donors (Lipinski definition) is 1. The minimum Gasteiger partial charge on any atom is -0.498 e. The average molecular weight is 407 g/mol. The fourth-order valence-corrected chi connectivity index (χ4v) is 3.06. The van der Waals surface area contributed by atoms with E-state index in [-0.39, 0.29) is 12.4 Å². The summed E-state index contributed by atoms with van der Waals surface area (Å²) >= 11 is 5.47. The average Bonchev–Trinajstić information content (AvgIpc) is 2.71. The van der Waals surface area contributed by atoms with Crippen LogP contribution < -0.4 is 0 Å². The van der Waals surface area contributed by atoms with Gasteiger partial charge >= 0.3 is 11.9 Å². The van der Waals surface area contributed by atoms with Crippen LogP contribution in [0.5, 0.6) is 0 Å². The number of ether oxygens (including phenoxy) is 2. The molecule has 1 aliphatic carbocycles. The maximum Gasteiger partial charge on any atom is 0.335 e. The maximum atomic E-state index is 11.1. The van der Waals surface area contributed by atoms with Crippen molar-refractivity contribution in [1.29, 1.82) is 0 Å². The molecule has 0 amide bonds. The van der Waals surface area contributed by atoms with Gasteiger partial charge in [-0.3, -0.25) is 4.79 Å². The van der Waals surface area contributed by atoms with E-state index in [1.807, 2.05) is 24.3 Å². The Labute approximate surface area is 171 Å². The molecule has 0 aromatic heterocycles. The smallest absolute Gasteiger partial charge is 0.335 e. The number of unbranched alkanes of at least 4 members (excludes halogenated alkanes) is 3. The number of carboxylic acid groups (broad SMARTS) is 1. The van der Waals surface area contributed by atoms with Crippen LogP contribution in [0, 0.1) is 0 Å². The van der Waals surface area contributed by atoms with E-state index < -0.39 is 5.97 Å². The highest BCUT2D eigenvalue weighted by Crippen LogP contribution is 2.27. The number of carbonyl (C=O) groups is 2. The first kappa shape index (κ1) is 22.0. The summed E-state index contributed by atoms with van der Waals surface area (Å²) in [4.78, 5) is 22.1. The van der Waals surface area contributed by atoms with E-state index in [2.05, 4.69) is 0 Å². The molecule has 0 unspecified atom stereocenters. The first-order valence-corrected chi connectivity index (χ1v) is 10.2.